The minimum atomic E-state index is 0.563. The largest absolute Gasteiger partial charge is 0.116 e. The molecule has 0 aliphatic carbocycles. The van der Waals surface area contributed by atoms with Gasteiger partial charge in [-0.2, -0.15) is 0 Å². The first-order chi connectivity index (χ1) is 12.9. The fourth-order valence-corrected chi connectivity index (χ4v) is 7.89. The minimum Gasteiger partial charge on any atom is -0.116 e. The molecule has 0 bridgehead atoms. The summed E-state index contributed by atoms with van der Waals surface area (Å²) in [6.45, 7) is 0. The zero-order valence-corrected chi connectivity index (χ0v) is 17.3. The second kappa shape index (κ2) is 9.14. The van der Waals surface area contributed by atoms with Crippen LogP contribution in [0.3, 0.4) is 0 Å². The molecule has 4 rings (SSSR count). The second-order valence-corrected chi connectivity index (χ2v) is 10.6. The van der Waals surface area contributed by atoms with Gasteiger partial charge in [0.25, 0.3) is 0 Å². The van der Waals surface area contributed by atoms with Crippen LogP contribution in [0.25, 0.3) is 12.2 Å². The van der Waals surface area contributed by atoms with Gasteiger partial charge in [-0.25, -0.2) is 0 Å². The van der Waals surface area contributed by atoms with Crippen molar-refractivity contribution in [1.82, 2.24) is 0 Å². The van der Waals surface area contributed by atoms with Gasteiger partial charge in [-0.1, -0.05) is 102 Å². The highest BCUT2D eigenvalue weighted by atomic mass is 32.2. The molecule has 2 aliphatic heterocycles. The third kappa shape index (κ3) is 4.95. The lowest BCUT2D eigenvalue weighted by Crippen LogP contribution is -1.93. The normalized spacial score (nSPS) is 23.2. The van der Waals surface area contributed by atoms with E-state index in [9.17, 15) is 0 Å². The van der Waals surface area contributed by atoms with Gasteiger partial charge in [0.15, 0.2) is 0 Å². The SMILES string of the molecule is C1=C(/C=C/c2ccccc2)S/C(=C2/SCC(/C=C/c3ccccc3)S2)S1. The Morgan fingerprint density at radius 3 is 2.19 bits per heavy atom. The van der Waals surface area contributed by atoms with Crippen LogP contribution in [0.15, 0.2) is 91.6 Å². The standard InChI is InChI=1S/C22H18S4/c1-3-7-17(8-4-1)11-13-19-15-23-21(25-19)22-24-16-20(26-22)14-12-18-9-5-2-6-10-18/h1-15,20H,16H2/b13-11+,14-12+,22-21-. The van der Waals surface area contributed by atoms with Gasteiger partial charge in [-0.15, -0.1) is 23.5 Å². The molecule has 4 heteroatoms. The van der Waals surface area contributed by atoms with Crippen LogP contribution in [0.5, 0.6) is 0 Å². The van der Waals surface area contributed by atoms with Crippen LogP contribution in [0.4, 0.5) is 0 Å². The molecule has 1 unspecified atom stereocenters. The highest BCUT2D eigenvalue weighted by Crippen LogP contribution is 2.55. The molecule has 0 saturated carbocycles. The molecule has 1 fully saturated rings. The van der Waals surface area contributed by atoms with Crippen LogP contribution in [0.1, 0.15) is 11.1 Å². The average molecular weight is 411 g/mol. The Hall–Kier alpha value is -1.20. The van der Waals surface area contributed by atoms with E-state index in [4.69, 9.17) is 0 Å². The molecule has 0 amide bonds. The summed E-state index contributed by atoms with van der Waals surface area (Å²) in [4.78, 5) is 1.32. The Labute approximate surface area is 172 Å². The lowest BCUT2D eigenvalue weighted by atomic mass is 10.2. The van der Waals surface area contributed by atoms with Crippen molar-refractivity contribution in [2.75, 3.05) is 5.75 Å². The highest BCUT2D eigenvalue weighted by Gasteiger charge is 2.24. The maximum Gasteiger partial charge on any atom is 0.0693 e. The first kappa shape index (κ1) is 18.2. The van der Waals surface area contributed by atoms with Crippen molar-refractivity contribution in [2.24, 2.45) is 0 Å². The molecule has 0 spiro atoms. The molecule has 0 radical (unpaired) electrons. The van der Waals surface area contributed by atoms with Crippen molar-refractivity contribution in [3.05, 3.63) is 103 Å². The van der Waals surface area contributed by atoms with E-state index in [1.807, 2.05) is 47.0 Å². The summed E-state index contributed by atoms with van der Waals surface area (Å²) in [5.74, 6) is 1.16. The molecule has 1 atom stereocenters. The van der Waals surface area contributed by atoms with Gasteiger partial charge in [0.05, 0.1) is 8.47 Å². The molecular weight excluding hydrogens is 393 g/mol. The van der Waals surface area contributed by atoms with Crippen molar-refractivity contribution in [3.8, 4) is 0 Å². The molecule has 0 nitrogen and oxygen atoms in total. The van der Waals surface area contributed by atoms with Gasteiger partial charge in [-0.05, 0) is 22.6 Å². The molecule has 130 valence electrons. The number of hydrogen-bond acceptors (Lipinski definition) is 4. The minimum absolute atomic E-state index is 0.563. The number of hydrogen-bond donors (Lipinski definition) is 0. The van der Waals surface area contributed by atoms with Crippen LogP contribution in [-0.4, -0.2) is 11.0 Å². The Bertz CT molecular complexity index is 864. The molecule has 1 saturated heterocycles. The molecule has 26 heavy (non-hydrogen) atoms. The molecule has 2 heterocycles. The molecule has 2 aliphatic rings. The summed E-state index contributed by atoms with van der Waals surface area (Å²) in [5.41, 5.74) is 2.52. The Morgan fingerprint density at radius 2 is 1.46 bits per heavy atom. The highest BCUT2D eigenvalue weighted by molar-refractivity contribution is 8.32. The van der Waals surface area contributed by atoms with E-state index in [-0.39, 0.29) is 0 Å². The predicted molar refractivity (Wildman–Crippen MR) is 125 cm³/mol. The number of thioether (sulfide) groups is 4. The third-order valence-electron chi connectivity index (χ3n) is 3.84. The fraction of sp³-hybridized carbons (Fsp3) is 0.0909. The smallest absolute Gasteiger partial charge is 0.0693 e. The number of benzene rings is 2. The van der Waals surface area contributed by atoms with Crippen LogP contribution in [0, 0.1) is 0 Å². The van der Waals surface area contributed by atoms with Crippen molar-refractivity contribution >= 4 is 59.2 Å². The molecule has 0 N–H and O–H groups in total. The number of allylic oxidation sites excluding steroid dienone is 1. The summed E-state index contributed by atoms with van der Waals surface area (Å²) in [5, 5.41) is 2.83. The van der Waals surface area contributed by atoms with E-state index in [0.717, 1.165) is 5.75 Å². The summed E-state index contributed by atoms with van der Waals surface area (Å²) >= 11 is 7.75. The van der Waals surface area contributed by atoms with E-state index in [2.05, 4.69) is 90.4 Å². The molecule has 2 aromatic rings. The van der Waals surface area contributed by atoms with E-state index < -0.39 is 0 Å². The first-order valence-corrected chi connectivity index (χ1v) is 12.0. The van der Waals surface area contributed by atoms with E-state index in [1.165, 1.54) is 24.5 Å². The maximum atomic E-state index is 2.34. The van der Waals surface area contributed by atoms with Gasteiger partial charge < -0.3 is 0 Å². The van der Waals surface area contributed by atoms with E-state index in [1.54, 1.807) is 0 Å². The zero-order valence-electron chi connectivity index (χ0n) is 14.1. The second-order valence-electron chi connectivity index (χ2n) is 5.80. The van der Waals surface area contributed by atoms with Crippen LogP contribution in [-0.2, 0) is 0 Å². The summed E-state index contributed by atoms with van der Waals surface area (Å²) < 4.78 is 2.91. The van der Waals surface area contributed by atoms with Crippen LogP contribution >= 0.6 is 47.0 Å². The van der Waals surface area contributed by atoms with Gasteiger partial charge in [-0.3, -0.25) is 0 Å². The molecule has 0 aromatic heterocycles. The Balaban J connectivity index is 1.35. The predicted octanol–water partition coefficient (Wildman–Crippen LogP) is 7.71. The van der Waals surface area contributed by atoms with E-state index in [0.29, 0.717) is 5.25 Å². The van der Waals surface area contributed by atoms with Crippen molar-refractivity contribution in [1.29, 1.82) is 0 Å². The third-order valence-corrected chi connectivity index (χ3v) is 9.60. The average Bonchev–Trinajstić information content (AvgIpc) is 3.36. The lowest BCUT2D eigenvalue weighted by Gasteiger charge is -2.02. The van der Waals surface area contributed by atoms with Crippen molar-refractivity contribution in [3.63, 3.8) is 0 Å². The van der Waals surface area contributed by atoms with Gasteiger partial charge in [0.2, 0.25) is 0 Å². The lowest BCUT2D eigenvalue weighted by molar-refractivity contribution is 1.30. The summed E-state index contributed by atoms with van der Waals surface area (Å²) in [6, 6.07) is 21.0. The van der Waals surface area contributed by atoms with Crippen LogP contribution in [0.2, 0.25) is 0 Å². The molecular formula is C22H18S4. The van der Waals surface area contributed by atoms with Crippen molar-refractivity contribution < 1.29 is 0 Å². The van der Waals surface area contributed by atoms with Gasteiger partial charge in [0, 0.05) is 15.9 Å². The van der Waals surface area contributed by atoms with Crippen LogP contribution < -0.4 is 0 Å². The summed E-state index contributed by atoms with van der Waals surface area (Å²) in [6.07, 6.45) is 8.99. The van der Waals surface area contributed by atoms with Gasteiger partial charge in [0.1, 0.15) is 0 Å². The Kier molecular flexibility index (Phi) is 6.39. The maximum absolute atomic E-state index is 2.34. The number of rotatable bonds is 4. The monoisotopic (exact) mass is 410 g/mol. The summed E-state index contributed by atoms with van der Waals surface area (Å²) in [7, 11) is 0. The Morgan fingerprint density at radius 1 is 0.769 bits per heavy atom. The van der Waals surface area contributed by atoms with E-state index >= 15 is 0 Å². The first-order valence-electron chi connectivity index (χ1n) is 8.42. The zero-order chi connectivity index (χ0) is 17.6. The molecule has 2 aromatic carbocycles. The van der Waals surface area contributed by atoms with Crippen molar-refractivity contribution in [2.45, 2.75) is 5.25 Å². The van der Waals surface area contributed by atoms with Gasteiger partial charge >= 0.3 is 0 Å². The fourth-order valence-electron chi connectivity index (χ4n) is 2.52. The topological polar surface area (TPSA) is 0 Å². The quantitative estimate of drug-likeness (QED) is 0.506.